The maximum Gasteiger partial charge on any atom is 0.321 e. The van der Waals surface area contributed by atoms with Crippen LogP contribution in [0.15, 0.2) is 24.3 Å². The van der Waals surface area contributed by atoms with Gasteiger partial charge in [-0.15, -0.1) is 0 Å². The van der Waals surface area contributed by atoms with Crippen molar-refractivity contribution in [2.45, 2.75) is 25.9 Å². The second-order valence-electron chi connectivity index (χ2n) is 4.39. The lowest BCUT2D eigenvalue weighted by Crippen LogP contribution is -2.92. The first-order valence-electron chi connectivity index (χ1n) is 6.07. The van der Waals surface area contributed by atoms with Crippen molar-refractivity contribution in [2.75, 3.05) is 7.05 Å². The number of benzene rings is 1. The van der Waals surface area contributed by atoms with Crippen molar-refractivity contribution in [3.05, 3.63) is 34.9 Å². The van der Waals surface area contributed by atoms with Gasteiger partial charge in [0.15, 0.2) is 6.04 Å². The molecule has 0 aliphatic heterocycles. The van der Waals surface area contributed by atoms with E-state index in [0.29, 0.717) is 5.02 Å². The average molecular weight is 285 g/mol. The normalized spacial score (nSPS) is 13.5. The number of carbonyl (C=O) groups is 2. The standard InChI is InChI=1S/C13H18ClN3O2/c1-8(10-5-4-6-11(14)7-10)16-9(2)12(18)17-13(19)15-3/h4-9,16H,1-3H3,(H2,15,17,18,19)/p+1/t8-,9-/m1/s1. The molecule has 1 aromatic carbocycles. The smallest absolute Gasteiger partial charge is 0.321 e. The molecule has 0 unspecified atom stereocenters. The molecule has 104 valence electrons. The molecule has 6 heteroatoms. The van der Waals surface area contributed by atoms with E-state index in [1.165, 1.54) is 7.05 Å². The number of carbonyl (C=O) groups excluding carboxylic acids is 2. The zero-order valence-electron chi connectivity index (χ0n) is 11.2. The summed E-state index contributed by atoms with van der Waals surface area (Å²) in [6.45, 7) is 3.73. The number of urea groups is 1. The number of halogens is 1. The van der Waals surface area contributed by atoms with Gasteiger partial charge in [-0.05, 0) is 26.0 Å². The molecule has 0 fully saturated rings. The first-order valence-corrected chi connectivity index (χ1v) is 6.45. The first-order chi connectivity index (χ1) is 8.93. The van der Waals surface area contributed by atoms with Crippen molar-refractivity contribution in [2.24, 2.45) is 0 Å². The first kappa shape index (κ1) is 15.5. The number of amides is 3. The number of hydrogen-bond donors (Lipinski definition) is 3. The number of nitrogens with one attached hydrogen (secondary N) is 2. The van der Waals surface area contributed by atoms with Crippen molar-refractivity contribution >= 4 is 23.5 Å². The van der Waals surface area contributed by atoms with Crippen LogP contribution in [-0.2, 0) is 4.79 Å². The Morgan fingerprint density at radius 3 is 2.58 bits per heavy atom. The van der Waals surface area contributed by atoms with Crippen LogP contribution in [0.25, 0.3) is 0 Å². The monoisotopic (exact) mass is 284 g/mol. The number of nitrogens with two attached hydrogens (primary N) is 1. The number of quaternary nitrogens is 1. The van der Waals surface area contributed by atoms with E-state index in [0.717, 1.165) is 5.56 Å². The van der Waals surface area contributed by atoms with Gasteiger partial charge >= 0.3 is 6.03 Å². The zero-order chi connectivity index (χ0) is 14.4. The summed E-state index contributed by atoms with van der Waals surface area (Å²) in [5.41, 5.74) is 1.03. The predicted molar refractivity (Wildman–Crippen MR) is 73.9 cm³/mol. The Labute approximate surface area is 117 Å². The minimum Gasteiger partial charge on any atom is -0.341 e. The minimum absolute atomic E-state index is 0.0733. The highest BCUT2D eigenvalue weighted by molar-refractivity contribution is 6.30. The predicted octanol–water partition coefficient (Wildman–Crippen LogP) is 0.808. The van der Waals surface area contributed by atoms with Gasteiger partial charge in [-0.3, -0.25) is 10.1 Å². The van der Waals surface area contributed by atoms with E-state index >= 15 is 0 Å². The van der Waals surface area contributed by atoms with Crippen LogP contribution >= 0.6 is 11.6 Å². The molecular weight excluding hydrogens is 266 g/mol. The highest BCUT2D eigenvalue weighted by Gasteiger charge is 2.21. The van der Waals surface area contributed by atoms with Gasteiger partial charge in [0.1, 0.15) is 6.04 Å². The van der Waals surface area contributed by atoms with Gasteiger partial charge in [0.2, 0.25) is 0 Å². The highest BCUT2D eigenvalue weighted by atomic mass is 35.5. The molecule has 0 aliphatic carbocycles. The molecule has 19 heavy (non-hydrogen) atoms. The van der Waals surface area contributed by atoms with Gasteiger partial charge in [0.25, 0.3) is 5.91 Å². The molecule has 0 radical (unpaired) electrons. The quantitative estimate of drug-likeness (QED) is 0.765. The fourth-order valence-electron chi connectivity index (χ4n) is 1.71. The third-order valence-corrected chi connectivity index (χ3v) is 3.06. The molecule has 2 atom stereocenters. The molecule has 1 aromatic rings. The molecule has 0 saturated carbocycles. The fraction of sp³-hybridized carbons (Fsp3) is 0.385. The number of imide groups is 1. The number of hydrogen-bond acceptors (Lipinski definition) is 2. The number of rotatable bonds is 4. The summed E-state index contributed by atoms with van der Waals surface area (Å²) in [6.07, 6.45) is 0. The Hall–Kier alpha value is -1.59. The van der Waals surface area contributed by atoms with Crippen LogP contribution in [0, 0.1) is 0 Å². The van der Waals surface area contributed by atoms with Gasteiger partial charge in [-0.2, -0.15) is 0 Å². The van der Waals surface area contributed by atoms with E-state index in [4.69, 9.17) is 11.6 Å². The Balaban J connectivity index is 2.58. The van der Waals surface area contributed by atoms with Crippen LogP contribution < -0.4 is 16.0 Å². The Bertz CT molecular complexity index is 465. The summed E-state index contributed by atoms with van der Waals surface area (Å²) in [6, 6.07) is 6.70. The Morgan fingerprint density at radius 1 is 1.32 bits per heavy atom. The van der Waals surface area contributed by atoms with E-state index in [9.17, 15) is 9.59 Å². The fourth-order valence-corrected chi connectivity index (χ4v) is 1.91. The van der Waals surface area contributed by atoms with Crippen molar-refractivity contribution in [3.63, 3.8) is 0 Å². The summed E-state index contributed by atoms with van der Waals surface area (Å²) >= 11 is 5.93. The molecule has 0 saturated heterocycles. The van der Waals surface area contributed by atoms with Crippen molar-refractivity contribution in [1.82, 2.24) is 10.6 Å². The molecule has 3 amide bonds. The lowest BCUT2D eigenvalue weighted by Gasteiger charge is -2.16. The third kappa shape index (κ3) is 4.89. The maximum absolute atomic E-state index is 11.7. The molecule has 0 heterocycles. The minimum atomic E-state index is -0.499. The van der Waals surface area contributed by atoms with Crippen molar-refractivity contribution in [3.8, 4) is 0 Å². The molecule has 0 bridgehead atoms. The molecule has 0 spiro atoms. The van der Waals surface area contributed by atoms with E-state index < -0.39 is 6.03 Å². The topological polar surface area (TPSA) is 74.8 Å². The van der Waals surface area contributed by atoms with Gasteiger partial charge in [-0.25, -0.2) is 4.79 Å². The van der Waals surface area contributed by atoms with E-state index in [1.54, 1.807) is 13.0 Å². The van der Waals surface area contributed by atoms with Crippen molar-refractivity contribution in [1.29, 1.82) is 0 Å². The molecule has 0 aromatic heterocycles. The SMILES string of the molecule is CNC(=O)NC(=O)[C@@H](C)[NH2+][C@H](C)c1cccc(Cl)c1. The van der Waals surface area contributed by atoms with Crippen LogP contribution in [0.5, 0.6) is 0 Å². The molecule has 4 N–H and O–H groups in total. The van der Waals surface area contributed by atoms with Crippen LogP contribution in [-0.4, -0.2) is 25.0 Å². The molecule has 5 nitrogen and oxygen atoms in total. The van der Waals surface area contributed by atoms with Crippen LogP contribution in [0.4, 0.5) is 4.79 Å². The van der Waals surface area contributed by atoms with Crippen LogP contribution in [0.1, 0.15) is 25.5 Å². The Morgan fingerprint density at radius 2 is 2.00 bits per heavy atom. The molecular formula is C13H19ClN3O2+. The zero-order valence-corrected chi connectivity index (χ0v) is 12.0. The molecule has 1 rings (SSSR count). The summed E-state index contributed by atoms with van der Waals surface area (Å²) in [4.78, 5) is 22.8. The van der Waals surface area contributed by atoms with Gasteiger partial charge < -0.3 is 10.6 Å². The van der Waals surface area contributed by atoms with Crippen LogP contribution in [0.3, 0.4) is 0 Å². The average Bonchev–Trinajstić information content (AvgIpc) is 2.38. The maximum atomic E-state index is 11.7. The van der Waals surface area contributed by atoms with Gasteiger partial charge in [0.05, 0.1) is 0 Å². The summed E-state index contributed by atoms with van der Waals surface area (Å²) in [5, 5.41) is 7.14. The Kier molecular flexibility index (Phi) is 5.79. The third-order valence-electron chi connectivity index (χ3n) is 2.83. The second-order valence-corrected chi connectivity index (χ2v) is 4.83. The molecule has 0 aliphatic rings. The second kappa shape index (κ2) is 7.11. The van der Waals surface area contributed by atoms with Crippen LogP contribution in [0.2, 0.25) is 5.02 Å². The lowest BCUT2D eigenvalue weighted by atomic mass is 10.1. The summed E-state index contributed by atoms with van der Waals surface area (Å²) in [5.74, 6) is -0.326. The van der Waals surface area contributed by atoms with Gasteiger partial charge in [0, 0.05) is 17.6 Å². The van der Waals surface area contributed by atoms with E-state index in [1.807, 2.05) is 30.4 Å². The van der Waals surface area contributed by atoms with E-state index in [-0.39, 0.29) is 18.0 Å². The lowest BCUT2D eigenvalue weighted by molar-refractivity contribution is -0.710. The largest absolute Gasteiger partial charge is 0.341 e. The van der Waals surface area contributed by atoms with Crippen molar-refractivity contribution < 1.29 is 14.9 Å². The summed E-state index contributed by atoms with van der Waals surface area (Å²) < 4.78 is 0. The van der Waals surface area contributed by atoms with E-state index in [2.05, 4.69) is 10.6 Å². The van der Waals surface area contributed by atoms with Gasteiger partial charge in [-0.1, -0.05) is 23.7 Å². The summed E-state index contributed by atoms with van der Waals surface area (Å²) in [7, 11) is 1.46. The highest BCUT2D eigenvalue weighted by Crippen LogP contribution is 2.14.